The SMILES string of the molecule is Cc1ccc(N)c(NC(C)c2nn[nH]n2)n1. The first kappa shape index (κ1) is 10.3. The topological polar surface area (TPSA) is 105 Å². The van der Waals surface area contributed by atoms with E-state index in [0.29, 0.717) is 17.3 Å². The average Bonchev–Trinajstić information content (AvgIpc) is 2.76. The molecule has 84 valence electrons. The van der Waals surface area contributed by atoms with Gasteiger partial charge in [0.1, 0.15) is 5.82 Å². The van der Waals surface area contributed by atoms with Crippen molar-refractivity contribution in [2.75, 3.05) is 11.1 Å². The van der Waals surface area contributed by atoms with Crippen LogP contribution in [-0.2, 0) is 0 Å². The summed E-state index contributed by atoms with van der Waals surface area (Å²) in [7, 11) is 0. The number of anilines is 2. The molecule has 2 rings (SSSR count). The smallest absolute Gasteiger partial charge is 0.196 e. The van der Waals surface area contributed by atoms with Crippen molar-refractivity contribution in [3.05, 3.63) is 23.7 Å². The molecule has 0 amide bonds. The third-order valence-electron chi connectivity index (χ3n) is 2.17. The number of hydrogen-bond donors (Lipinski definition) is 3. The van der Waals surface area contributed by atoms with Gasteiger partial charge in [0.25, 0.3) is 0 Å². The summed E-state index contributed by atoms with van der Waals surface area (Å²) in [6.07, 6.45) is 0. The number of nitrogens with two attached hydrogens (primary N) is 1. The summed E-state index contributed by atoms with van der Waals surface area (Å²) < 4.78 is 0. The first-order chi connectivity index (χ1) is 7.66. The number of rotatable bonds is 3. The van der Waals surface area contributed by atoms with Crippen molar-refractivity contribution in [1.29, 1.82) is 0 Å². The standard InChI is InChI=1S/C9H13N7/c1-5-3-4-7(10)9(11-5)12-6(2)8-13-15-16-14-8/h3-4,6H,10H2,1-2H3,(H,11,12)(H,13,14,15,16). The minimum Gasteiger partial charge on any atom is -0.396 e. The number of nitrogen functional groups attached to an aromatic ring is 1. The molecule has 1 atom stereocenters. The molecule has 0 saturated carbocycles. The predicted molar refractivity (Wildman–Crippen MR) is 59.6 cm³/mol. The molecule has 1 unspecified atom stereocenters. The van der Waals surface area contributed by atoms with Crippen molar-refractivity contribution < 1.29 is 0 Å². The van der Waals surface area contributed by atoms with Crippen LogP contribution in [0.4, 0.5) is 11.5 Å². The fraction of sp³-hybridized carbons (Fsp3) is 0.333. The van der Waals surface area contributed by atoms with E-state index in [1.165, 1.54) is 0 Å². The molecule has 0 saturated heterocycles. The van der Waals surface area contributed by atoms with E-state index < -0.39 is 0 Å². The number of nitrogens with one attached hydrogen (secondary N) is 2. The summed E-state index contributed by atoms with van der Waals surface area (Å²) >= 11 is 0. The molecule has 7 heteroatoms. The van der Waals surface area contributed by atoms with Gasteiger partial charge in [-0.3, -0.25) is 0 Å². The Hall–Kier alpha value is -2.18. The van der Waals surface area contributed by atoms with E-state index in [0.717, 1.165) is 5.69 Å². The second kappa shape index (κ2) is 4.13. The van der Waals surface area contributed by atoms with Crippen LogP contribution in [0.5, 0.6) is 0 Å². The van der Waals surface area contributed by atoms with Gasteiger partial charge in [0.05, 0.1) is 11.7 Å². The van der Waals surface area contributed by atoms with Crippen molar-refractivity contribution in [3.8, 4) is 0 Å². The lowest BCUT2D eigenvalue weighted by Crippen LogP contribution is -2.11. The van der Waals surface area contributed by atoms with E-state index in [4.69, 9.17) is 5.73 Å². The fourth-order valence-corrected chi connectivity index (χ4v) is 1.31. The minimum absolute atomic E-state index is 0.102. The highest BCUT2D eigenvalue weighted by Gasteiger charge is 2.12. The third kappa shape index (κ3) is 2.08. The maximum atomic E-state index is 5.80. The summed E-state index contributed by atoms with van der Waals surface area (Å²) in [5, 5.41) is 16.8. The zero-order chi connectivity index (χ0) is 11.5. The molecule has 0 radical (unpaired) electrons. The lowest BCUT2D eigenvalue weighted by atomic mass is 10.3. The molecular weight excluding hydrogens is 206 g/mol. The molecule has 7 nitrogen and oxygen atoms in total. The Kier molecular flexibility index (Phi) is 2.67. The van der Waals surface area contributed by atoms with Crippen LogP contribution >= 0.6 is 0 Å². The molecule has 2 heterocycles. The van der Waals surface area contributed by atoms with Crippen LogP contribution in [0.3, 0.4) is 0 Å². The van der Waals surface area contributed by atoms with E-state index in [9.17, 15) is 0 Å². The number of pyridine rings is 1. The molecule has 4 N–H and O–H groups in total. The molecular formula is C9H13N7. The molecule has 0 aliphatic carbocycles. The quantitative estimate of drug-likeness (QED) is 0.700. The van der Waals surface area contributed by atoms with Crippen molar-refractivity contribution in [1.82, 2.24) is 25.6 Å². The summed E-state index contributed by atoms with van der Waals surface area (Å²) in [4.78, 5) is 4.30. The zero-order valence-corrected chi connectivity index (χ0v) is 9.10. The molecule has 0 spiro atoms. The van der Waals surface area contributed by atoms with Crippen LogP contribution in [0.1, 0.15) is 24.5 Å². The highest BCUT2D eigenvalue weighted by Crippen LogP contribution is 2.20. The van der Waals surface area contributed by atoms with Gasteiger partial charge in [-0.25, -0.2) is 4.98 Å². The van der Waals surface area contributed by atoms with E-state index >= 15 is 0 Å². The number of aryl methyl sites for hydroxylation is 1. The van der Waals surface area contributed by atoms with E-state index in [-0.39, 0.29) is 6.04 Å². The number of aromatic amines is 1. The Labute approximate surface area is 92.5 Å². The van der Waals surface area contributed by atoms with E-state index in [2.05, 4.69) is 30.9 Å². The van der Waals surface area contributed by atoms with Crippen LogP contribution < -0.4 is 11.1 Å². The van der Waals surface area contributed by atoms with Gasteiger partial charge in [-0.1, -0.05) is 5.21 Å². The Morgan fingerprint density at radius 1 is 1.44 bits per heavy atom. The molecule has 2 aromatic rings. The maximum Gasteiger partial charge on any atom is 0.196 e. The first-order valence-corrected chi connectivity index (χ1v) is 4.90. The van der Waals surface area contributed by atoms with E-state index in [1.54, 1.807) is 0 Å². The molecule has 2 aromatic heterocycles. The van der Waals surface area contributed by atoms with Gasteiger partial charge in [0.15, 0.2) is 5.82 Å². The second-order valence-electron chi connectivity index (χ2n) is 3.53. The van der Waals surface area contributed by atoms with Crippen LogP contribution in [0, 0.1) is 6.92 Å². The van der Waals surface area contributed by atoms with Gasteiger partial charge in [0, 0.05) is 5.69 Å². The molecule has 0 aliphatic heterocycles. The van der Waals surface area contributed by atoms with Crippen molar-refractivity contribution in [2.45, 2.75) is 19.9 Å². The number of H-pyrrole nitrogens is 1. The number of tetrazole rings is 1. The molecule has 0 bridgehead atoms. The summed E-state index contributed by atoms with van der Waals surface area (Å²) in [5.74, 6) is 1.21. The van der Waals surface area contributed by atoms with Crippen molar-refractivity contribution in [3.63, 3.8) is 0 Å². The lowest BCUT2D eigenvalue weighted by Gasteiger charge is -2.12. The highest BCUT2D eigenvalue weighted by atomic mass is 15.5. The lowest BCUT2D eigenvalue weighted by molar-refractivity contribution is 0.788. The normalized spacial score (nSPS) is 12.4. The van der Waals surface area contributed by atoms with Gasteiger partial charge < -0.3 is 11.1 Å². The number of hydrogen-bond acceptors (Lipinski definition) is 6. The fourth-order valence-electron chi connectivity index (χ4n) is 1.31. The van der Waals surface area contributed by atoms with Crippen molar-refractivity contribution in [2.24, 2.45) is 0 Å². The summed E-state index contributed by atoms with van der Waals surface area (Å²) in [6, 6.07) is 3.57. The van der Waals surface area contributed by atoms with Crippen LogP contribution in [0.25, 0.3) is 0 Å². The third-order valence-corrected chi connectivity index (χ3v) is 2.17. The zero-order valence-electron chi connectivity index (χ0n) is 9.10. The average molecular weight is 219 g/mol. The first-order valence-electron chi connectivity index (χ1n) is 4.90. The predicted octanol–water partition coefficient (Wildman–Crippen LogP) is 0.658. The Morgan fingerprint density at radius 3 is 2.94 bits per heavy atom. The van der Waals surface area contributed by atoms with Crippen molar-refractivity contribution >= 4 is 11.5 Å². The van der Waals surface area contributed by atoms with Gasteiger partial charge in [-0.05, 0) is 26.0 Å². The summed E-state index contributed by atoms with van der Waals surface area (Å²) in [6.45, 7) is 3.82. The monoisotopic (exact) mass is 219 g/mol. The molecule has 16 heavy (non-hydrogen) atoms. The Morgan fingerprint density at radius 2 is 2.25 bits per heavy atom. The highest BCUT2D eigenvalue weighted by molar-refractivity contribution is 5.61. The summed E-state index contributed by atoms with van der Waals surface area (Å²) in [5.41, 5.74) is 7.30. The second-order valence-corrected chi connectivity index (χ2v) is 3.53. The van der Waals surface area contributed by atoms with Crippen LogP contribution in [0.15, 0.2) is 12.1 Å². The van der Waals surface area contributed by atoms with E-state index in [1.807, 2.05) is 26.0 Å². The van der Waals surface area contributed by atoms with Gasteiger partial charge in [0.2, 0.25) is 0 Å². The number of nitrogens with zero attached hydrogens (tertiary/aromatic N) is 4. The molecule has 0 aliphatic rings. The van der Waals surface area contributed by atoms with Gasteiger partial charge in [-0.15, -0.1) is 10.2 Å². The van der Waals surface area contributed by atoms with Gasteiger partial charge >= 0.3 is 0 Å². The van der Waals surface area contributed by atoms with Gasteiger partial charge in [-0.2, -0.15) is 5.21 Å². The minimum atomic E-state index is -0.102. The Bertz CT molecular complexity index is 465. The Balaban J connectivity index is 2.17. The van der Waals surface area contributed by atoms with Crippen LogP contribution in [-0.4, -0.2) is 25.6 Å². The largest absolute Gasteiger partial charge is 0.396 e. The van der Waals surface area contributed by atoms with Crippen LogP contribution in [0.2, 0.25) is 0 Å². The number of aromatic nitrogens is 5. The molecule has 0 fully saturated rings. The molecule has 0 aromatic carbocycles. The maximum absolute atomic E-state index is 5.80.